The van der Waals surface area contributed by atoms with Crippen LogP contribution in [0, 0.1) is 5.92 Å². The van der Waals surface area contributed by atoms with Gasteiger partial charge < -0.3 is 14.6 Å². The lowest BCUT2D eigenvalue weighted by Crippen LogP contribution is -2.44. The van der Waals surface area contributed by atoms with E-state index in [-0.39, 0.29) is 17.7 Å². The summed E-state index contributed by atoms with van der Waals surface area (Å²) in [5.74, 6) is 0.334. The van der Waals surface area contributed by atoms with Crippen LogP contribution in [0.3, 0.4) is 0 Å². The summed E-state index contributed by atoms with van der Waals surface area (Å²) in [4.78, 5) is 26.3. The average molecular weight is 316 g/mol. The molecule has 1 atom stereocenters. The number of hydrogen-bond donors (Lipinski definition) is 1. The molecule has 0 spiro atoms. The molecule has 1 N–H and O–H groups in total. The highest BCUT2D eigenvalue weighted by atomic mass is 16.3. The first-order chi connectivity index (χ1) is 11.1. The second-order valence-electron chi connectivity index (χ2n) is 5.79. The Kier molecular flexibility index (Phi) is 4.45. The fourth-order valence-corrected chi connectivity index (χ4v) is 2.89. The number of aryl methyl sites for hydroxylation is 1. The van der Waals surface area contributed by atoms with Crippen molar-refractivity contribution in [3.05, 3.63) is 42.1 Å². The van der Waals surface area contributed by atoms with E-state index in [2.05, 4.69) is 10.4 Å². The Labute approximate surface area is 134 Å². The average Bonchev–Trinajstić information content (AvgIpc) is 3.23. The van der Waals surface area contributed by atoms with Crippen LogP contribution in [0.25, 0.3) is 0 Å². The first-order valence-electron chi connectivity index (χ1n) is 7.74. The Morgan fingerprint density at radius 1 is 1.43 bits per heavy atom. The SMILES string of the molecule is Cn1nccc1C(=O)N1CCC[C@@H](CNC(=O)c2ccco2)C1. The molecule has 0 aliphatic carbocycles. The smallest absolute Gasteiger partial charge is 0.286 e. The standard InChI is InChI=1S/C16H20N4O3/c1-19-13(6-7-18-19)16(22)20-8-2-4-12(11-20)10-17-15(21)14-5-3-9-23-14/h3,5-7,9,12H,2,4,8,10-11H2,1H3,(H,17,21)/t12-/m0/s1. The molecule has 2 aromatic rings. The quantitative estimate of drug-likeness (QED) is 0.922. The Morgan fingerprint density at radius 3 is 3.00 bits per heavy atom. The maximum absolute atomic E-state index is 12.5. The van der Waals surface area contributed by atoms with E-state index in [0.29, 0.717) is 24.5 Å². The van der Waals surface area contributed by atoms with Crippen LogP contribution < -0.4 is 5.32 Å². The summed E-state index contributed by atoms with van der Waals surface area (Å²) in [5, 5.41) is 6.91. The number of carbonyl (C=O) groups excluding carboxylic acids is 2. The van der Waals surface area contributed by atoms with E-state index in [0.717, 1.165) is 19.4 Å². The number of hydrogen-bond acceptors (Lipinski definition) is 4. The second kappa shape index (κ2) is 6.68. The zero-order valence-corrected chi connectivity index (χ0v) is 13.1. The molecule has 1 aliphatic heterocycles. The summed E-state index contributed by atoms with van der Waals surface area (Å²) < 4.78 is 6.66. The van der Waals surface area contributed by atoms with Crippen molar-refractivity contribution in [1.29, 1.82) is 0 Å². The maximum atomic E-state index is 12.5. The summed E-state index contributed by atoms with van der Waals surface area (Å²) in [6.07, 6.45) is 5.03. The van der Waals surface area contributed by atoms with Gasteiger partial charge in [-0.05, 0) is 37.0 Å². The maximum Gasteiger partial charge on any atom is 0.286 e. The summed E-state index contributed by atoms with van der Waals surface area (Å²) in [6, 6.07) is 5.04. The van der Waals surface area contributed by atoms with Gasteiger partial charge in [0.15, 0.2) is 5.76 Å². The van der Waals surface area contributed by atoms with E-state index in [1.165, 1.54) is 6.26 Å². The molecule has 3 heterocycles. The molecule has 2 aromatic heterocycles. The van der Waals surface area contributed by atoms with Gasteiger partial charge in [-0.2, -0.15) is 5.10 Å². The summed E-state index contributed by atoms with van der Waals surface area (Å²) in [5.41, 5.74) is 0.588. The number of piperidine rings is 1. The van der Waals surface area contributed by atoms with Crippen molar-refractivity contribution in [2.24, 2.45) is 13.0 Å². The fourth-order valence-electron chi connectivity index (χ4n) is 2.89. The van der Waals surface area contributed by atoms with Crippen LogP contribution in [0.15, 0.2) is 35.1 Å². The van der Waals surface area contributed by atoms with Crippen molar-refractivity contribution >= 4 is 11.8 Å². The molecule has 1 aliphatic rings. The Morgan fingerprint density at radius 2 is 2.30 bits per heavy atom. The van der Waals surface area contributed by atoms with Crippen molar-refractivity contribution in [1.82, 2.24) is 20.0 Å². The molecular weight excluding hydrogens is 296 g/mol. The molecule has 0 bridgehead atoms. The number of aromatic nitrogens is 2. The lowest BCUT2D eigenvalue weighted by Gasteiger charge is -2.32. The molecular formula is C16H20N4O3. The molecule has 0 unspecified atom stereocenters. The van der Waals surface area contributed by atoms with Crippen molar-refractivity contribution < 1.29 is 14.0 Å². The predicted octanol–water partition coefficient (Wildman–Crippen LogP) is 1.30. The second-order valence-corrected chi connectivity index (χ2v) is 5.79. The Bertz CT molecular complexity index is 677. The molecule has 1 fully saturated rings. The molecule has 7 heteroatoms. The minimum Gasteiger partial charge on any atom is -0.459 e. The Balaban J connectivity index is 1.55. The van der Waals surface area contributed by atoms with Gasteiger partial charge in [0.1, 0.15) is 5.69 Å². The topological polar surface area (TPSA) is 80.4 Å². The van der Waals surface area contributed by atoms with Gasteiger partial charge in [-0.25, -0.2) is 0 Å². The minimum atomic E-state index is -0.218. The summed E-state index contributed by atoms with van der Waals surface area (Å²) >= 11 is 0. The molecule has 7 nitrogen and oxygen atoms in total. The van der Waals surface area contributed by atoms with Crippen LogP contribution >= 0.6 is 0 Å². The third kappa shape index (κ3) is 3.44. The van der Waals surface area contributed by atoms with Crippen molar-refractivity contribution in [2.45, 2.75) is 12.8 Å². The van der Waals surface area contributed by atoms with Crippen molar-refractivity contribution in [3.8, 4) is 0 Å². The number of rotatable bonds is 4. The fraction of sp³-hybridized carbons (Fsp3) is 0.438. The molecule has 0 saturated carbocycles. The van der Waals surface area contributed by atoms with Gasteiger partial charge >= 0.3 is 0 Å². The number of nitrogens with one attached hydrogen (secondary N) is 1. The van der Waals surface area contributed by atoms with Gasteiger partial charge in [0.2, 0.25) is 0 Å². The van der Waals surface area contributed by atoms with Gasteiger partial charge in [-0.3, -0.25) is 14.3 Å². The summed E-state index contributed by atoms with van der Waals surface area (Å²) in [7, 11) is 1.76. The third-order valence-corrected chi connectivity index (χ3v) is 4.14. The molecule has 0 radical (unpaired) electrons. The molecule has 0 aromatic carbocycles. The minimum absolute atomic E-state index is 0.00735. The van der Waals surface area contributed by atoms with Crippen LogP contribution in [-0.4, -0.2) is 46.1 Å². The summed E-state index contributed by atoms with van der Waals surface area (Å²) in [6.45, 7) is 1.92. The van der Waals surface area contributed by atoms with Crippen LogP contribution in [-0.2, 0) is 7.05 Å². The Hall–Kier alpha value is -2.57. The zero-order chi connectivity index (χ0) is 16.2. The van der Waals surface area contributed by atoms with E-state index >= 15 is 0 Å². The number of amides is 2. The van der Waals surface area contributed by atoms with Crippen LogP contribution in [0.4, 0.5) is 0 Å². The van der Waals surface area contributed by atoms with Crippen LogP contribution in [0.1, 0.15) is 33.9 Å². The first kappa shape index (κ1) is 15.3. The predicted molar refractivity (Wildman–Crippen MR) is 82.9 cm³/mol. The van der Waals surface area contributed by atoms with Crippen LogP contribution in [0.5, 0.6) is 0 Å². The zero-order valence-electron chi connectivity index (χ0n) is 13.1. The largest absolute Gasteiger partial charge is 0.459 e. The first-order valence-corrected chi connectivity index (χ1v) is 7.74. The monoisotopic (exact) mass is 316 g/mol. The highest BCUT2D eigenvalue weighted by molar-refractivity contribution is 5.92. The number of carbonyl (C=O) groups is 2. The normalized spacial score (nSPS) is 18.0. The lowest BCUT2D eigenvalue weighted by atomic mass is 9.97. The number of nitrogens with zero attached hydrogens (tertiary/aromatic N) is 3. The van der Waals surface area contributed by atoms with E-state index in [1.807, 2.05) is 4.90 Å². The van der Waals surface area contributed by atoms with Gasteiger partial charge in [-0.15, -0.1) is 0 Å². The molecule has 122 valence electrons. The lowest BCUT2D eigenvalue weighted by molar-refractivity contribution is 0.0659. The van der Waals surface area contributed by atoms with Crippen molar-refractivity contribution in [2.75, 3.05) is 19.6 Å². The van der Waals surface area contributed by atoms with E-state index in [4.69, 9.17) is 4.42 Å². The number of likely N-dealkylation sites (tertiary alicyclic amines) is 1. The highest BCUT2D eigenvalue weighted by Gasteiger charge is 2.26. The highest BCUT2D eigenvalue weighted by Crippen LogP contribution is 2.18. The van der Waals surface area contributed by atoms with E-state index < -0.39 is 0 Å². The molecule has 2 amide bonds. The van der Waals surface area contributed by atoms with Gasteiger partial charge in [0, 0.05) is 32.9 Å². The number of furan rings is 1. The molecule has 3 rings (SSSR count). The van der Waals surface area contributed by atoms with Crippen LogP contribution in [0.2, 0.25) is 0 Å². The van der Waals surface area contributed by atoms with Crippen molar-refractivity contribution in [3.63, 3.8) is 0 Å². The third-order valence-electron chi connectivity index (χ3n) is 4.14. The van der Waals surface area contributed by atoms with E-state index in [1.54, 1.807) is 36.1 Å². The van der Waals surface area contributed by atoms with Gasteiger partial charge in [0.25, 0.3) is 11.8 Å². The van der Waals surface area contributed by atoms with Gasteiger partial charge in [-0.1, -0.05) is 0 Å². The molecule has 23 heavy (non-hydrogen) atoms. The molecule has 1 saturated heterocycles. The van der Waals surface area contributed by atoms with Gasteiger partial charge in [0.05, 0.1) is 6.26 Å². The van der Waals surface area contributed by atoms with E-state index in [9.17, 15) is 9.59 Å².